The van der Waals surface area contributed by atoms with Crippen LogP contribution in [0.4, 0.5) is 8.78 Å². The molecule has 1 aliphatic heterocycles. The molecule has 1 aliphatic rings. The van der Waals surface area contributed by atoms with Crippen molar-refractivity contribution in [1.82, 2.24) is 4.90 Å². The summed E-state index contributed by atoms with van der Waals surface area (Å²) in [6.07, 6.45) is 0. The Kier molecular flexibility index (Phi) is 7.60. The highest BCUT2D eigenvalue weighted by atomic mass is 35.5. The number of alkyl halides is 2. The molecule has 5 nitrogen and oxygen atoms in total. The fraction of sp³-hybridized carbons (Fsp3) is 0.350. The number of amides is 1. The lowest BCUT2D eigenvalue weighted by molar-refractivity contribution is -0.0516. The molecule has 0 aliphatic carbocycles. The summed E-state index contributed by atoms with van der Waals surface area (Å²) in [5, 5.41) is 0. The molecule has 0 saturated carbocycles. The molecule has 2 atom stereocenters. The lowest BCUT2D eigenvalue weighted by atomic mass is 9.89. The Bertz CT molecular complexity index is 792. The van der Waals surface area contributed by atoms with E-state index in [2.05, 4.69) is 4.74 Å². The van der Waals surface area contributed by atoms with Crippen molar-refractivity contribution < 1.29 is 23.0 Å². The highest BCUT2D eigenvalue weighted by Crippen LogP contribution is 2.37. The Morgan fingerprint density at radius 3 is 2.50 bits per heavy atom. The van der Waals surface area contributed by atoms with Crippen LogP contribution >= 0.6 is 12.4 Å². The Balaban J connectivity index is 0.00000280. The van der Waals surface area contributed by atoms with E-state index in [0.29, 0.717) is 19.6 Å². The maximum atomic E-state index is 13.1. The maximum Gasteiger partial charge on any atom is 0.387 e. The summed E-state index contributed by atoms with van der Waals surface area (Å²) in [6.45, 7) is -1.70. The number of methoxy groups -OCH3 is 1. The van der Waals surface area contributed by atoms with E-state index >= 15 is 0 Å². The van der Waals surface area contributed by atoms with Crippen molar-refractivity contribution in [2.24, 2.45) is 11.7 Å². The van der Waals surface area contributed by atoms with Crippen molar-refractivity contribution in [2.75, 3.05) is 26.7 Å². The van der Waals surface area contributed by atoms with E-state index in [-0.39, 0.29) is 47.2 Å². The second-order valence-electron chi connectivity index (χ2n) is 6.44. The van der Waals surface area contributed by atoms with Crippen LogP contribution in [0.2, 0.25) is 0 Å². The van der Waals surface area contributed by atoms with E-state index in [1.807, 2.05) is 30.3 Å². The number of benzene rings is 2. The number of carbonyl (C=O) groups excluding carboxylic acids is 1. The first kappa shape index (κ1) is 21.9. The molecule has 1 fully saturated rings. The summed E-state index contributed by atoms with van der Waals surface area (Å²) in [5.41, 5.74) is 7.09. The largest absolute Gasteiger partial charge is 0.493 e. The van der Waals surface area contributed by atoms with Gasteiger partial charge in [0, 0.05) is 19.0 Å². The van der Waals surface area contributed by atoms with Crippen LogP contribution < -0.4 is 15.2 Å². The van der Waals surface area contributed by atoms with Gasteiger partial charge in [0.25, 0.3) is 5.91 Å². The van der Waals surface area contributed by atoms with Gasteiger partial charge in [0.05, 0.1) is 12.7 Å². The normalized spacial score (nSPS) is 18.7. The summed E-state index contributed by atoms with van der Waals surface area (Å²) in [5.74, 6) is -0.323. The fourth-order valence-corrected chi connectivity index (χ4v) is 3.58. The molecule has 1 heterocycles. The minimum Gasteiger partial charge on any atom is -0.493 e. The van der Waals surface area contributed by atoms with E-state index in [1.165, 1.54) is 19.2 Å². The SMILES string of the molecule is COc1cccc(C(=O)N2C[C@@H](CN)[C@H](c3ccccc3)C2)c1OC(F)F.Cl. The van der Waals surface area contributed by atoms with Crippen molar-refractivity contribution in [1.29, 1.82) is 0 Å². The number of ether oxygens (including phenoxy) is 2. The predicted molar refractivity (Wildman–Crippen MR) is 105 cm³/mol. The van der Waals surface area contributed by atoms with E-state index in [0.717, 1.165) is 5.56 Å². The zero-order chi connectivity index (χ0) is 19.4. The van der Waals surface area contributed by atoms with Crippen LogP contribution in [0.25, 0.3) is 0 Å². The number of nitrogens with zero attached hydrogens (tertiary/aromatic N) is 1. The highest BCUT2D eigenvalue weighted by Gasteiger charge is 2.36. The van der Waals surface area contributed by atoms with Gasteiger partial charge in [-0.3, -0.25) is 4.79 Å². The second kappa shape index (κ2) is 9.71. The number of hydrogen-bond donors (Lipinski definition) is 1. The minimum absolute atomic E-state index is 0. The van der Waals surface area contributed by atoms with Gasteiger partial charge >= 0.3 is 6.61 Å². The number of para-hydroxylation sites is 1. The van der Waals surface area contributed by atoms with Gasteiger partial charge in [-0.1, -0.05) is 36.4 Å². The quantitative estimate of drug-likeness (QED) is 0.788. The average Bonchev–Trinajstić information content (AvgIpc) is 3.12. The second-order valence-corrected chi connectivity index (χ2v) is 6.44. The van der Waals surface area contributed by atoms with Crippen LogP contribution in [0.3, 0.4) is 0 Å². The summed E-state index contributed by atoms with van der Waals surface area (Å²) < 4.78 is 35.3. The van der Waals surface area contributed by atoms with Crippen LogP contribution in [0.1, 0.15) is 21.8 Å². The summed E-state index contributed by atoms with van der Waals surface area (Å²) in [6, 6.07) is 14.4. The first-order valence-electron chi connectivity index (χ1n) is 8.71. The maximum absolute atomic E-state index is 13.1. The van der Waals surface area contributed by atoms with Crippen LogP contribution in [-0.4, -0.2) is 44.2 Å². The van der Waals surface area contributed by atoms with Crippen LogP contribution in [0.5, 0.6) is 11.5 Å². The number of likely N-dealkylation sites (tertiary alicyclic amines) is 1. The van der Waals surface area contributed by atoms with Gasteiger partial charge in [-0.05, 0) is 30.2 Å². The molecular formula is C20H23ClF2N2O3. The first-order chi connectivity index (χ1) is 13.0. The minimum atomic E-state index is -3.06. The zero-order valence-corrected chi connectivity index (χ0v) is 16.2. The molecule has 2 aromatic carbocycles. The molecule has 8 heteroatoms. The molecule has 0 bridgehead atoms. The Morgan fingerprint density at radius 1 is 1.18 bits per heavy atom. The van der Waals surface area contributed by atoms with E-state index in [1.54, 1.807) is 11.0 Å². The van der Waals surface area contributed by atoms with Crippen molar-refractivity contribution in [3.05, 3.63) is 59.7 Å². The molecule has 0 aromatic heterocycles. The zero-order valence-electron chi connectivity index (χ0n) is 15.4. The summed E-state index contributed by atoms with van der Waals surface area (Å²) in [7, 11) is 1.34. The molecule has 0 unspecified atom stereocenters. The standard InChI is InChI=1S/C20H22F2N2O3.ClH/c1-26-17-9-5-8-15(18(17)27-20(21)22)19(25)24-11-14(10-23)16(12-24)13-6-3-2-4-7-13;/h2-9,14,16,20H,10-12,23H2,1H3;1H/t14-,16+;/m1./s1. The molecule has 1 amide bonds. The Morgan fingerprint density at radius 2 is 1.89 bits per heavy atom. The number of halogens is 3. The van der Waals surface area contributed by atoms with Gasteiger partial charge in [-0.25, -0.2) is 0 Å². The van der Waals surface area contributed by atoms with Crippen molar-refractivity contribution >= 4 is 18.3 Å². The highest BCUT2D eigenvalue weighted by molar-refractivity contribution is 5.98. The van der Waals surface area contributed by atoms with Crippen LogP contribution in [-0.2, 0) is 0 Å². The van der Waals surface area contributed by atoms with Crippen molar-refractivity contribution in [3.63, 3.8) is 0 Å². The van der Waals surface area contributed by atoms with Crippen molar-refractivity contribution in [3.8, 4) is 11.5 Å². The number of carbonyl (C=O) groups is 1. The van der Waals surface area contributed by atoms with E-state index in [4.69, 9.17) is 10.5 Å². The third kappa shape index (κ3) is 4.54. The van der Waals surface area contributed by atoms with Crippen LogP contribution in [0.15, 0.2) is 48.5 Å². The fourth-order valence-electron chi connectivity index (χ4n) is 3.58. The predicted octanol–water partition coefficient (Wildman–Crippen LogP) is 3.53. The lowest BCUT2D eigenvalue weighted by Gasteiger charge is -2.20. The summed E-state index contributed by atoms with van der Waals surface area (Å²) in [4.78, 5) is 14.7. The van der Waals surface area contributed by atoms with Gasteiger partial charge in [0.2, 0.25) is 0 Å². The molecule has 0 radical (unpaired) electrons. The monoisotopic (exact) mass is 412 g/mol. The van der Waals surface area contributed by atoms with Gasteiger partial charge in [0.1, 0.15) is 0 Å². The summed E-state index contributed by atoms with van der Waals surface area (Å²) >= 11 is 0. The Labute approximate surface area is 168 Å². The van der Waals surface area contributed by atoms with Crippen molar-refractivity contribution in [2.45, 2.75) is 12.5 Å². The molecule has 152 valence electrons. The molecule has 1 saturated heterocycles. The van der Waals surface area contributed by atoms with Gasteiger partial charge in [-0.15, -0.1) is 12.4 Å². The van der Waals surface area contributed by atoms with Crippen LogP contribution in [0, 0.1) is 5.92 Å². The molecule has 28 heavy (non-hydrogen) atoms. The molecule has 0 spiro atoms. The molecule has 2 aromatic rings. The molecule has 2 N–H and O–H groups in total. The topological polar surface area (TPSA) is 64.8 Å². The van der Waals surface area contributed by atoms with Gasteiger partial charge < -0.3 is 20.1 Å². The molecule has 3 rings (SSSR count). The Hall–Kier alpha value is -2.38. The van der Waals surface area contributed by atoms with E-state index in [9.17, 15) is 13.6 Å². The lowest BCUT2D eigenvalue weighted by Crippen LogP contribution is -2.30. The first-order valence-corrected chi connectivity index (χ1v) is 8.71. The molecular weight excluding hydrogens is 390 g/mol. The van der Waals surface area contributed by atoms with Gasteiger partial charge in [-0.2, -0.15) is 8.78 Å². The number of rotatable bonds is 6. The third-order valence-electron chi connectivity index (χ3n) is 4.89. The van der Waals surface area contributed by atoms with E-state index < -0.39 is 6.61 Å². The van der Waals surface area contributed by atoms with Gasteiger partial charge in [0.15, 0.2) is 11.5 Å². The third-order valence-corrected chi connectivity index (χ3v) is 4.89. The smallest absolute Gasteiger partial charge is 0.387 e. The number of hydrogen-bond acceptors (Lipinski definition) is 4. The number of nitrogens with two attached hydrogens (primary N) is 1. The average molecular weight is 413 g/mol.